The van der Waals surface area contributed by atoms with E-state index in [-0.39, 0.29) is 18.3 Å². The molecule has 1 unspecified atom stereocenters. The summed E-state index contributed by atoms with van der Waals surface area (Å²) in [5, 5.41) is 6.98. The maximum Gasteiger partial charge on any atom is 0.221 e. The van der Waals surface area contributed by atoms with Crippen LogP contribution in [0.2, 0.25) is 5.02 Å². The number of halogens is 2. The van der Waals surface area contributed by atoms with Crippen molar-refractivity contribution in [2.24, 2.45) is 0 Å². The van der Waals surface area contributed by atoms with Crippen molar-refractivity contribution < 1.29 is 4.79 Å². The Balaban J connectivity index is 0.00000180. The van der Waals surface area contributed by atoms with Crippen LogP contribution in [0.3, 0.4) is 0 Å². The summed E-state index contributed by atoms with van der Waals surface area (Å²) in [5.74, 6) is 2.25. The van der Waals surface area contributed by atoms with Crippen LogP contribution in [0.4, 0.5) is 0 Å². The fourth-order valence-corrected chi connectivity index (χ4v) is 3.06. The molecular weight excluding hydrogens is 303 g/mol. The molecular formula is C13H18Cl2N2OS. The molecule has 0 aromatic heterocycles. The van der Waals surface area contributed by atoms with Gasteiger partial charge >= 0.3 is 0 Å². The maximum atomic E-state index is 11.8. The summed E-state index contributed by atoms with van der Waals surface area (Å²) in [5.41, 5.74) is 1.03. The van der Waals surface area contributed by atoms with Crippen molar-refractivity contribution in [3.63, 3.8) is 0 Å². The molecule has 6 heteroatoms. The number of nitrogens with one attached hydrogen (secondary N) is 2. The molecule has 2 N–H and O–H groups in total. The molecule has 19 heavy (non-hydrogen) atoms. The van der Waals surface area contributed by atoms with Gasteiger partial charge in [0.2, 0.25) is 5.91 Å². The Bertz CT molecular complexity index is 411. The van der Waals surface area contributed by atoms with Crippen LogP contribution in [-0.4, -0.2) is 30.0 Å². The average Bonchev–Trinajstić information content (AvgIpc) is 2.38. The number of hydrogen-bond donors (Lipinski definition) is 2. The lowest BCUT2D eigenvalue weighted by atomic mass is 10.2. The molecule has 1 fully saturated rings. The van der Waals surface area contributed by atoms with Crippen LogP contribution >= 0.6 is 35.8 Å². The molecule has 1 aromatic carbocycles. The van der Waals surface area contributed by atoms with Crippen molar-refractivity contribution in [3.8, 4) is 0 Å². The molecule has 1 heterocycles. The van der Waals surface area contributed by atoms with Crippen LogP contribution in [0.15, 0.2) is 24.3 Å². The Morgan fingerprint density at radius 1 is 1.53 bits per heavy atom. The SMILES string of the molecule is Cl.O=C(CC1CSCCN1)NCc1cccc(Cl)c1. The lowest BCUT2D eigenvalue weighted by molar-refractivity contribution is -0.121. The van der Waals surface area contributed by atoms with Crippen LogP contribution in [0, 0.1) is 0 Å². The van der Waals surface area contributed by atoms with Crippen LogP contribution < -0.4 is 10.6 Å². The van der Waals surface area contributed by atoms with E-state index in [0.29, 0.717) is 24.0 Å². The summed E-state index contributed by atoms with van der Waals surface area (Å²) >= 11 is 7.79. The molecule has 2 rings (SSSR count). The van der Waals surface area contributed by atoms with Crippen molar-refractivity contribution in [3.05, 3.63) is 34.9 Å². The highest BCUT2D eigenvalue weighted by Crippen LogP contribution is 2.11. The number of thioether (sulfide) groups is 1. The predicted molar refractivity (Wildman–Crippen MR) is 84.3 cm³/mol. The minimum absolute atomic E-state index is 0. The third-order valence-corrected chi connectivity index (χ3v) is 4.17. The highest BCUT2D eigenvalue weighted by molar-refractivity contribution is 7.99. The van der Waals surface area contributed by atoms with Crippen molar-refractivity contribution in [1.29, 1.82) is 0 Å². The predicted octanol–water partition coefficient (Wildman–Crippen LogP) is 2.47. The van der Waals surface area contributed by atoms with Gasteiger partial charge in [0.05, 0.1) is 0 Å². The normalized spacial score (nSPS) is 18.5. The fourth-order valence-electron chi connectivity index (χ4n) is 1.89. The quantitative estimate of drug-likeness (QED) is 0.895. The lowest BCUT2D eigenvalue weighted by Crippen LogP contribution is -2.41. The van der Waals surface area contributed by atoms with Crippen molar-refractivity contribution >= 4 is 41.7 Å². The van der Waals surface area contributed by atoms with Crippen LogP contribution in [0.25, 0.3) is 0 Å². The fraction of sp³-hybridized carbons (Fsp3) is 0.462. The number of rotatable bonds is 4. The van der Waals surface area contributed by atoms with E-state index in [2.05, 4.69) is 10.6 Å². The van der Waals surface area contributed by atoms with Crippen LogP contribution in [0.5, 0.6) is 0 Å². The smallest absolute Gasteiger partial charge is 0.221 e. The number of carbonyl (C=O) groups is 1. The topological polar surface area (TPSA) is 41.1 Å². The third-order valence-electron chi connectivity index (χ3n) is 2.81. The van der Waals surface area contributed by atoms with E-state index in [1.54, 1.807) is 0 Å². The Hall–Kier alpha value is -0.420. The van der Waals surface area contributed by atoms with Gasteiger partial charge in [-0.15, -0.1) is 12.4 Å². The van der Waals surface area contributed by atoms with Gasteiger partial charge in [0.25, 0.3) is 0 Å². The zero-order chi connectivity index (χ0) is 12.8. The average molecular weight is 321 g/mol. The molecule has 0 aliphatic carbocycles. The number of hydrogen-bond acceptors (Lipinski definition) is 3. The van der Waals surface area contributed by atoms with E-state index in [1.807, 2.05) is 36.0 Å². The molecule has 0 radical (unpaired) electrons. The molecule has 0 saturated carbocycles. The van der Waals surface area contributed by atoms with E-state index in [1.165, 1.54) is 0 Å². The Morgan fingerprint density at radius 2 is 2.37 bits per heavy atom. The van der Waals surface area contributed by atoms with Gasteiger partial charge in [0.15, 0.2) is 0 Å². The van der Waals surface area contributed by atoms with Gasteiger partial charge in [-0.2, -0.15) is 11.8 Å². The molecule has 106 valence electrons. The molecule has 1 amide bonds. The second-order valence-corrected chi connectivity index (χ2v) is 5.92. The van der Waals surface area contributed by atoms with Gasteiger partial charge in [-0.05, 0) is 17.7 Å². The Kier molecular flexibility index (Phi) is 7.61. The van der Waals surface area contributed by atoms with E-state index in [0.717, 1.165) is 23.6 Å². The first-order chi connectivity index (χ1) is 8.74. The van der Waals surface area contributed by atoms with Gasteiger partial charge in [0.1, 0.15) is 0 Å². The van der Waals surface area contributed by atoms with E-state index < -0.39 is 0 Å². The van der Waals surface area contributed by atoms with E-state index >= 15 is 0 Å². The summed E-state index contributed by atoms with van der Waals surface area (Å²) in [6, 6.07) is 7.86. The first-order valence-electron chi connectivity index (χ1n) is 6.06. The van der Waals surface area contributed by atoms with Crippen molar-refractivity contribution in [1.82, 2.24) is 10.6 Å². The van der Waals surface area contributed by atoms with Gasteiger partial charge in [-0.25, -0.2) is 0 Å². The minimum Gasteiger partial charge on any atom is -0.352 e. The Morgan fingerprint density at radius 3 is 3.05 bits per heavy atom. The molecule has 1 aliphatic heterocycles. The summed E-state index contributed by atoms with van der Waals surface area (Å²) in [7, 11) is 0. The molecule has 3 nitrogen and oxygen atoms in total. The molecule has 0 spiro atoms. The van der Waals surface area contributed by atoms with Crippen LogP contribution in [0.1, 0.15) is 12.0 Å². The van der Waals surface area contributed by atoms with Crippen molar-refractivity contribution in [2.45, 2.75) is 19.0 Å². The maximum absolute atomic E-state index is 11.8. The first-order valence-corrected chi connectivity index (χ1v) is 7.59. The van der Waals surface area contributed by atoms with Crippen LogP contribution in [-0.2, 0) is 11.3 Å². The lowest BCUT2D eigenvalue weighted by Gasteiger charge is -2.22. The highest BCUT2D eigenvalue weighted by Gasteiger charge is 2.16. The summed E-state index contributed by atoms with van der Waals surface area (Å²) < 4.78 is 0. The summed E-state index contributed by atoms with van der Waals surface area (Å²) in [6.07, 6.45) is 0.549. The second-order valence-electron chi connectivity index (χ2n) is 4.34. The second kappa shape index (κ2) is 8.69. The van der Waals surface area contributed by atoms with Gasteiger partial charge < -0.3 is 10.6 Å². The standard InChI is InChI=1S/C13H17ClN2OS.ClH/c14-11-3-1-2-10(6-11)8-16-13(17)7-12-9-18-5-4-15-12;/h1-3,6,12,15H,4-5,7-9H2,(H,16,17);1H. The largest absolute Gasteiger partial charge is 0.352 e. The monoisotopic (exact) mass is 320 g/mol. The molecule has 1 aromatic rings. The third kappa shape index (κ3) is 6.04. The number of carbonyl (C=O) groups excluding carboxylic acids is 1. The number of amides is 1. The summed E-state index contributed by atoms with van der Waals surface area (Å²) in [4.78, 5) is 11.8. The summed E-state index contributed by atoms with van der Waals surface area (Å²) in [6.45, 7) is 1.54. The number of benzene rings is 1. The van der Waals surface area contributed by atoms with E-state index in [4.69, 9.17) is 11.6 Å². The Labute approximate surface area is 129 Å². The van der Waals surface area contributed by atoms with Gasteiger partial charge in [0, 0.05) is 42.1 Å². The van der Waals surface area contributed by atoms with E-state index in [9.17, 15) is 4.79 Å². The molecule has 1 saturated heterocycles. The minimum atomic E-state index is 0. The first kappa shape index (κ1) is 16.6. The molecule has 0 bridgehead atoms. The molecule has 1 aliphatic rings. The highest BCUT2D eigenvalue weighted by atomic mass is 35.5. The van der Waals surface area contributed by atoms with Gasteiger partial charge in [-0.3, -0.25) is 4.79 Å². The van der Waals surface area contributed by atoms with Crippen molar-refractivity contribution in [2.75, 3.05) is 18.1 Å². The molecule has 1 atom stereocenters. The zero-order valence-corrected chi connectivity index (χ0v) is 12.9. The van der Waals surface area contributed by atoms with Gasteiger partial charge in [-0.1, -0.05) is 23.7 Å². The zero-order valence-electron chi connectivity index (χ0n) is 10.5.